The van der Waals surface area contributed by atoms with Crippen molar-refractivity contribution in [1.29, 1.82) is 0 Å². The van der Waals surface area contributed by atoms with Crippen LogP contribution in [0.25, 0.3) is 16.6 Å². The van der Waals surface area contributed by atoms with Gasteiger partial charge in [-0.05, 0) is 58.1 Å². The highest BCUT2D eigenvalue weighted by Gasteiger charge is 2.18. The summed E-state index contributed by atoms with van der Waals surface area (Å²) >= 11 is 1.39. The van der Waals surface area contributed by atoms with Gasteiger partial charge in [0.2, 0.25) is 5.91 Å². The molecule has 0 saturated heterocycles. The van der Waals surface area contributed by atoms with Gasteiger partial charge in [0.15, 0.2) is 0 Å². The Kier molecular flexibility index (Phi) is 6.47. The fraction of sp³-hybridized carbons (Fsp3) is 0.391. The van der Waals surface area contributed by atoms with Gasteiger partial charge in [-0.3, -0.25) is 4.79 Å². The van der Waals surface area contributed by atoms with Crippen LogP contribution in [0.5, 0.6) is 0 Å². The topological polar surface area (TPSA) is 72.7 Å². The van der Waals surface area contributed by atoms with Gasteiger partial charge in [-0.2, -0.15) is 10.2 Å². The van der Waals surface area contributed by atoms with E-state index < -0.39 is 0 Å². The molecule has 0 fully saturated rings. The second kappa shape index (κ2) is 9.43. The molecule has 4 rings (SSSR count). The fourth-order valence-corrected chi connectivity index (χ4v) is 4.65. The highest BCUT2D eigenvalue weighted by atomic mass is 32.2. The molecular weight excluding hydrogens is 394 g/mol. The summed E-state index contributed by atoms with van der Waals surface area (Å²) in [6.07, 6.45) is 8.19. The minimum atomic E-state index is 0.0196. The number of rotatable bonds is 7. The van der Waals surface area contributed by atoms with Gasteiger partial charge in [-0.15, -0.1) is 5.10 Å². The summed E-state index contributed by atoms with van der Waals surface area (Å²) in [6.45, 7) is 4.68. The van der Waals surface area contributed by atoms with Gasteiger partial charge in [-0.1, -0.05) is 41.6 Å². The molecule has 2 aromatic heterocycles. The fourth-order valence-electron chi connectivity index (χ4n) is 3.90. The second-order valence-corrected chi connectivity index (χ2v) is 8.61. The molecule has 1 amide bonds. The van der Waals surface area contributed by atoms with E-state index in [2.05, 4.69) is 21.6 Å². The summed E-state index contributed by atoms with van der Waals surface area (Å²) in [5.74, 6) is 0.328. The average molecular weight is 422 g/mol. The number of para-hydroxylation sites is 1. The monoisotopic (exact) mass is 421 g/mol. The molecule has 7 heteroatoms. The highest BCUT2D eigenvalue weighted by Crippen LogP contribution is 2.29. The van der Waals surface area contributed by atoms with Gasteiger partial charge in [0.05, 0.1) is 22.8 Å². The van der Waals surface area contributed by atoms with Gasteiger partial charge >= 0.3 is 0 Å². The zero-order valence-corrected chi connectivity index (χ0v) is 18.3. The molecule has 3 aromatic rings. The van der Waals surface area contributed by atoms with Crippen molar-refractivity contribution in [2.75, 3.05) is 12.3 Å². The number of hydrogen-bond acceptors (Lipinski definition) is 5. The molecule has 2 heterocycles. The molecule has 0 saturated carbocycles. The number of thioether (sulfide) groups is 1. The number of amides is 1. The van der Waals surface area contributed by atoms with Gasteiger partial charge in [0.25, 0.3) is 0 Å². The number of allylic oxidation sites excluding steroid dienone is 1. The summed E-state index contributed by atoms with van der Waals surface area (Å²) in [7, 11) is 0. The van der Waals surface area contributed by atoms with E-state index in [0.717, 1.165) is 34.4 Å². The van der Waals surface area contributed by atoms with Crippen molar-refractivity contribution in [2.24, 2.45) is 0 Å². The SMILES string of the molecule is Cc1nnc(SCC(=O)NCCC2=CCCCC2)c2nn(-c3ccccc3)c(C)c12. The van der Waals surface area contributed by atoms with Gasteiger partial charge < -0.3 is 5.32 Å². The van der Waals surface area contributed by atoms with Crippen LogP contribution in [-0.2, 0) is 4.79 Å². The number of nitrogens with one attached hydrogen (secondary N) is 1. The molecule has 156 valence electrons. The quantitative estimate of drug-likeness (QED) is 0.448. The minimum absolute atomic E-state index is 0.0196. The van der Waals surface area contributed by atoms with Crippen molar-refractivity contribution in [3.05, 3.63) is 53.4 Å². The molecule has 0 bridgehead atoms. The lowest BCUT2D eigenvalue weighted by Crippen LogP contribution is -2.26. The molecule has 0 atom stereocenters. The zero-order valence-electron chi connectivity index (χ0n) is 17.5. The first-order valence-corrected chi connectivity index (χ1v) is 11.5. The van der Waals surface area contributed by atoms with E-state index in [-0.39, 0.29) is 5.91 Å². The summed E-state index contributed by atoms with van der Waals surface area (Å²) in [5, 5.41) is 18.2. The Morgan fingerprint density at radius 1 is 1.17 bits per heavy atom. The third-order valence-electron chi connectivity index (χ3n) is 5.47. The van der Waals surface area contributed by atoms with Crippen LogP contribution in [0, 0.1) is 13.8 Å². The predicted molar refractivity (Wildman–Crippen MR) is 121 cm³/mol. The Morgan fingerprint density at radius 3 is 2.77 bits per heavy atom. The summed E-state index contributed by atoms with van der Waals surface area (Å²) in [4.78, 5) is 12.3. The predicted octanol–water partition coefficient (Wildman–Crippen LogP) is 4.53. The summed E-state index contributed by atoms with van der Waals surface area (Å²) in [6, 6.07) is 10.0. The minimum Gasteiger partial charge on any atom is -0.355 e. The van der Waals surface area contributed by atoms with Gasteiger partial charge in [0, 0.05) is 11.9 Å². The zero-order chi connectivity index (χ0) is 20.9. The molecule has 6 nitrogen and oxygen atoms in total. The summed E-state index contributed by atoms with van der Waals surface area (Å²) in [5.41, 5.74) is 5.14. The molecule has 1 N–H and O–H groups in total. The molecule has 1 aliphatic rings. The largest absolute Gasteiger partial charge is 0.355 e. The second-order valence-electron chi connectivity index (χ2n) is 7.64. The van der Waals surface area contributed by atoms with Crippen molar-refractivity contribution in [3.8, 4) is 5.69 Å². The molecule has 0 aliphatic heterocycles. The highest BCUT2D eigenvalue weighted by molar-refractivity contribution is 8.00. The number of fused-ring (bicyclic) bond motifs is 1. The van der Waals surface area contributed by atoms with Crippen LogP contribution in [0.1, 0.15) is 43.5 Å². The number of carbonyl (C=O) groups is 1. The van der Waals surface area contributed by atoms with E-state index in [0.29, 0.717) is 17.3 Å². The van der Waals surface area contributed by atoms with E-state index in [9.17, 15) is 4.79 Å². The lowest BCUT2D eigenvalue weighted by Gasteiger charge is -2.12. The Balaban J connectivity index is 1.44. The third-order valence-corrected chi connectivity index (χ3v) is 6.42. The van der Waals surface area contributed by atoms with Crippen LogP contribution >= 0.6 is 11.8 Å². The maximum absolute atomic E-state index is 12.3. The van der Waals surface area contributed by atoms with E-state index in [1.807, 2.05) is 48.9 Å². The van der Waals surface area contributed by atoms with Crippen LogP contribution in [0.3, 0.4) is 0 Å². The number of carbonyl (C=O) groups excluding carboxylic acids is 1. The van der Waals surface area contributed by atoms with Gasteiger partial charge in [-0.25, -0.2) is 4.68 Å². The first-order chi connectivity index (χ1) is 14.6. The van der Waals surface area contributed by atoms with Crippen LogP contribution < -0.4 is 5.32 Å². The first-order valence-electron chi connectivity index (χ1n) is 10.5. The van der Waals surface area contributed by atoms with Crippen molar-refractivity contribution < 1.29 is 4.79 Å². The molecule has 1 aromatic carbocycles. The number of aryl methyl sites for hydroxylation is 2. The van der Waals surface area contributed by atoms with Crippen molar-refractivity contribution in [2.45, 2.75) is 51.0 Å². The maximum atomic E-state index is 12.3. The molecule has 1 aliphatic carbocycles. The average Bonchev–Trinajstić information content (AvgIpc) is 3.13. The van der Waals surface area contributed by atoms with E-state index in [1.54, 1.807) is 0 Å². The smallest absolute Gasteiger partial charge is 0.230 e. The Bertz CT molecular complexity index is 1070. The molecule has 0 unspecified atom stereocenters. The standard InChI is InChI=1S/C23H27N5OS/c1-16-21-17(2)28(19-11-7-4-8-12-19)27-22(21)23(26-25-16)30-15-20(29)24-14-13-18-9-5-3-6-10-18/h4,7-9,11-12H,3,5-6,10,13-15H2,1-2H3,(H,24,29). The van der Waals surface area contributed by atoms with E-state index in [1.165, 1.54) is 43.0 Å². The third kappa shape index (κ3) is 4.56. The first kappa shape index (κ1) is 20.6. The Hall–Kier alpha value is -2.67. The van der Waals surface area contributed by atoms with Gasteiger partial charge in [0.1, 0.15) is 10.5 Å². The van der Waals surface area contributed by atoms with E-state index >= 15 is 0 Å². The maximum Gasteiger partial charge on any atom is 0.230 e. The lowest BCUT2D eigenvalue weighted by molar-refractivity contribution is -0.118. The van der Waals surface area contributed by atoms with E-state index in [4.69, 9.17) is 5.10 Å². The number of hydrogen-bond donors (Lipinski definition) is 1. The lowest BCUT2D eigenvalue weighted by atomic mass is 9.97. The van der Waals surface area contributed by atoms with Crippen LogP contribution in [0.15, 0.2) is 47.0 Å². The molecule has 0 spiro atoms. The molecule has 30 heavy (non-hydrogen) atoms. The Labute approximate surface area is 181 Å². The van der Waals surface area contributed by atoms with Crippen molar-refractivity contribution >= 4 is 28.6 Å². The summed E-state index contributed by atoms with van der Waals surface area (Å²) < 4.78 is 1.92. The molecule has 0 radical (unpaired) electrons. The normalized spacial score (nSPS) is 14.0. The molecular formula is C23H27N5OS. The Morgan fingerprint density at radius 2 is 2.00 bits per heavy atom. The van der Waals surface area contributed by atoms with Crippen molar-refractivity contribution in [1.82, 2.24) is 25.3 Å². The van der Waals surface area contributed by atoms with Crippen molar-refractivity contribution in [3.63, 3.8) is 0 Å². The van der Waals surface area contributed by atoms with Crippen LogP contribution in [-0.4, -0.2) is 38.2 Å². The van der Waals surface area contributed by atoms with Crippen LogP contribution in [0.4, 0.5) is 0 Å². The number of nitrogens with zero attached hydrogens (tertiary/aromatic N) is 4. The number of aromatic nitrogens is 4. The van der Waals surface area contributed by atoms with Crippen LogP contribution in [0.2, 0.25) is 0 Å². The number of benzene rings is 1.